The second-order valence-corrected chi connectivity index (χ2v) is 27.3. The zero-order valence-electron chi connectivity index (χ0n) is 54.5. The summed E-state index contributed by atoms with van der Waals surface area (Å²) in [4.78, 5) is 72.2. The number of unbranched alkanes of at least 4 members (excludes halogenated alkanes) is 26. The van der Waals surface area contributed by atoms with Crippen molar-refractivity contribution in [2.45, 2.75) is 317 Å². The van der Waals surface area contributed by atoms with E-state index in [0.717, 1.165) is 121 Å². The molecule has 0 rings (SSSR count). The smallest absolute Gasteiger partial charge is 0.462 e. The molecule has 0 bridgehead atoms. The van der Waals surface area contributed by atoms with E-state index in [1.54, 1.807) is 0 Å². The molecular formula is C66H124O17P2. The summed E-state index contributed by atoms with van der Waals surface area (Å²) in [5, 5.41) is 10.5. The van der Waals surface area contributed by atoms with E-state index in [4.69, 9.17) is 37.0 Å². The van der Waals surface area contributed by atoms with Crippen LogP contribution in [0.25, 0.3) is 0 Å². The summed E-state index contributed by atoms with van der Waals surface area (Å²) in [5.41, 5.74) is 0. The topological polar surface area (TPSA) is 237 Å². The normalized spacial score (nSPS) is 14.8. The number of allylic oxidation sites excluding steroid dienone is 4. The van der Waals surface area contributed by atoms with Gasteiger partial charge in [-0.05, 0) is 69.1 Å². The molecule has 500 valence electrons. The SMILES string of the molecule is CCCCCC/C=C\C=C/CCCCCCCC(=O)OC[C@H](COP(=O)(O)OCC(O)COP(=O)(O)OC[C@@H](COC(=O)CCCCCCCCCC(C)C)OC(=O)CCCCCCCCC(C)CC)OC(=O)CCCCCCCCCC(C)C. The molecule has 0 aromatic heterocycles. The lowest BCUT2D eigenvalue weighted by Crippen LogP contribution is -2.30. The maximum Gasteiger partial charge on any atom is 0.472 e. The molecule has 0 aliphatic carbocycles. The highest BCUT2D eigenvalue weighted by molar-refractivity contribution is 7.47. The zero-order chi connectivity index (χ0) is 63.1. The van der Waals surface area contributed by atoms with Crippen molar-refractivity contribution >= 4 is 39.5 Å². The van der Waals surface area contributed by atoms with E-state index in [1.165, 1.54) is 83.5 Å². The van der Waals surface area contributed by atoms with Crippen LogP contribution in [-0.4, -0.2) is 96.7 Å². The summed E-state index contributed by atoms with van der Waals surface area (Å²) in [6.07, 6.45) is 41.4. The Morgan fingerprint density at radius 1 is 0.388 bits per heavy atom. The number of hydrogen-bond acceptors (Lipinski definition) is 15. The summed E-state index contributed by atoms with van der Waals surface area (Å²) < 4.78 is 68.0. The number of hydrogen-bond donors (Lipinski definition) is 3. The van der Waals surface area contributed by atoms with Crippen LogP contribution in [0.15, 0.2) is 24.3 Å². The number of carbonyl (C=O) groups is 4. The Bertz CT molecular complexity index is 1780. The van der Waals surface area contributed by atoms with Gasteiger partial charge in [0, 0.05) is 25.7 Å². The standard InChI is InChI=1S/C66H124O17P2/c1-8-10-11-12-13-14-15-16-17-18-19-20-25-33-40-47-63(68)76-53-61(82-65(70)49-42-35-27-22-24-31-38-45-58(5)6)55-80-84(72,73)78-51-60(67)52-79-85(74,75)81-56-62(83-66(71)50-43-36-29-28-32-39-46-59(7)9-2)54-77-64(69)48-41-34-26-21-23-30-37-44-57(3)4/h14-17,57-62,67H,8-13,18-56H2,1-7H3,(H,72,73)(H,74,75)/b15-14-,17-16-/t59?,60?,61-,62-/m1/s1. The number of esters is 4. The first kappa shape index (κ1) is 82.5. The molecule has 0 aliphatic heterocycles. The molecular weight excluding hydrogens is 1130 g/mol. The lowest BCUT2D eigenvalue weighted by atomic mass is 10.00. The van der Waals surface area contributed by atoms with Crippen molar-refractivity contribution in [3.63, 3.8) is 0 Å². The van der Waals surface area contributed by atoms with Gasteiger partial charge in [-0.25, -0.2) is 9.13 Å². The monoisotopic (exact) mass is 1250 g/mol. The van der Waals surface area contributed by atoms with Crippen molar-refractivity contribution in [3.8, 4) is 0 Å². The van der Waals surface area contributed by atoms with Gasteiger partial charge in [-0.15, -0.1) is 0 Å². The lowest BCUT2D eigenvalue weighted by Gasteiger charge is -2.21. The summed E-state index contributed by atoms with van der Waals surface area (Å²) in [7, 11) is -9.90. The number of carbonyl (C=O) groups excluding carboxylic acids is 4. The summed E-state index contributed by atoms with van der Waals surface area (Å²) in [5.74, 6) is -0.0551. The molecule has 0 spiro atoms. The molecule has 0 heterocycles. The quantitative estimate of drug-likeness (QED) is 0.0169. The number of phosphoric ester groups is 2. The van der Waals surface area contributed by atoms with Crippen molar-refractivity contribution in [2.24, 2.45) is 17.8 Å². The molecule has 3 N–H and O–H groups in total. The third-order valence-corrected chi connectivity index (χ3v) is 16.8. The minimum absolute atomic E-state index is 0.0959. The fourth-order valence-electron chi connectivity index (χ4n) is 9.26. The number of aliphatic hydroxyl groups is 1. The second-order valence-electron chi connectivity index (χ2n) is 24.4. The number of rotatable bonds is 62. The maximum atomic E-state index is 13.0. The third kappa shape index (κ3) is 59.0. The molecule has 17 nitrogen and oxygen atoms in total. The van der Waals surface area contributed by atoms with Crippen LogP contribution >= 0.6 is 15.6 Å². The van der Waals surface area contributed by atoms with Crippen LogP contribution in [0.3, 0.4) is 0 Å². The first-order valence-electron chi connectivity index (χ1n) is 33.7. The van der Waals surface area contributed by atoms with E-state index in [2.05, 4.69) is 72.8 Å². The summed E-state index contributed by atoms with van der Waals surface area (Å²) >= 11 is 0. The van der Waals surface area contributed by atoms with Gasteiger partial charge >= 0.3 is 39.5 Å². The van der Waals surface area contributed by atoms with Gasteiger partial charge < -0.3 is 33.8 Å². The average Bonchev–Trinajstić information content (AvgIpc) is 3.53. The van der Waals surface area contributed by atoms with E-state index in [0.29, 0.717) is 37.5 Å². The average molecular weight is 1250 g/mol. The lowest BCUT2D eigenvalue weighted by molar-refractivity contribution is -0.161. The van der Waals surface area contributed by atoms with E-state index in [1.807, 2.05) is 0 Å². The van der Waals surface area contributed by atoms with Crippen LogP contribution in [0.1, 0.15) is 299 Å². The molecule has 0 saturated carbocycles. The van der Waals surface area contributed by atoms with Gasteiger partial charge in [0.05, 0.1) is 26.4 Å². The molecule has 6 atom stereocenters. The largest absolute Gasteiger partial charge is 0.472 e. The van der Waals surface area contributed by atoms with Crippen molar-refractivity contribution in [2.75, 3.05) is 39.6 Å². The van der Waals surface area contributed by atoms with Crippen LogP contribution in [0.2, 0.25) is 0 Å². The molecule has 0 aromatic rings. The predicted octanol–water partition coefficient (Wildman–Crippen LogP) is 17.8. The van der Waals surface area contributed by atoms with Crippen LogP contribution in [0.4, 0.5) is 0 Å². The molecule has 0 fully saturated rings. The Labute approximate surface area is 516 Å². The fraction of sp³-hybridized carbons (Fsp3) is 0.879. The molecule has 0 radical (unpaired) electrons. The maximum absolute atomic E-state index is 13.0. The second kappa shape index (κ2) is 56.8. The van der Waals surface area contributed by atoms with E-state index >= 15 is 0 Å². The highest BCUT2D eigenvalue weighted by atomic mass is 31.2. The minimum atomic E-state index is -4.95. The zero-order valence-corrected chi connectivity index (χ0v) is 56.3. The highest BCUT2D eigenvalue weighted by Gasteiger charge is 2.30. The first-order chi connectivity index (χ1) is 40.8. The van der Waals surface area contributed by atoms with Gasteiger partial charge in [0.2, 0.25) is 0 Å². The molecule has 0 saturated heterocycles. The van der Waals surface area contributed by atoms with Crippen molar-refractivity contribution in [1.82, 2.24) is 0 Å². The van der Waals surface area contributed by atoms with Crippen LogP contribution in [0.5, 0.6) is 0 Å². The molecule has 0 aromatic carbocycles. The van der Waals surface area contributed by atoms with E-state index in [9.17, 15) is 43.2 Å². The fourth-order valence-corrected chi connectivity index (χ4v) is 10.8. The molecule has 0 aliphatic rings. The van der Waals surface area contributed by atoms with Gasteiger partial charge in [-0.1, -0.05) is 246 Å². The van der Waals surface area contributed by atoms with Gasteiger partial charge in [-0.3, -0.25) is 37.3 Å². The molecule has 85 heavy (non-hydrogen) atoms. The van der Waals surface area contributed by atoms with Gasteiger partial charge in [-0.2, -0.15) is 0 Å². The van der Waals surface area contributed by atoms with Crippen LogP contribution in [0, 0.1) is 17.8 Å². The third-order valence-electron chi connectivity index (χ3n) is 14.9. The Morgan fingerprint density at radius 2 is 0.694 bits per heavy atom. The molecule has 0 amide bonds. The Morgan fingerprint density at radius 3 is 1.05 bits per heavy atom. The molecule has 4 unspecified atom stereocenters. The Kier molecular flexibility index (Phi) is 55.1. The minimum Gasteiger partial charge on any atom is -0.462 e. The number of aliphatic hydroxyl groups excluding tert-OH is 1. The highest BCUT2D eigenvalue weighted by Crippen LogP contribution is 2.45. The first-order valence-corrected chi connectivity index (χ1v) is 36.7. The summed E-state index contributed by atoms with van der Waals surface area (Å²) in [6, 6.07) is 0. The van der Waals surface area contributed by atoms with Crippen molar-refractivity contribution in [1.29, 1.82) is 0 Å². The Balaban J connectivity index is 5.26. The van der Waals surface area contributed by atoms with Crippen molar-refractivity contribution < 1.29 is 80.2 Å². The Hall–Kier alpha value is -2.46. The van der Waals surface area contributed by atoms with Crippen LogP contribution < -0.4 is 0 Å². The van der Waals surface area contributed by atoms with Gasteiger partial charge in [0.15, 0.2) is 12.2 Å². The van der Waals surface area contributed by atoms with E-state index in [-0.39, 0.29) is 25.7 Å². The predicted molar refractivity (Wildman–Crippen MR) is 340 cm³/mol. The van der Waals surface area contributed by atoms with Crippen molar-refractivity contribution in [3.05, 3.63) is 24.3 Å². The van der Waals surface area contributed by atoms with Crippen LogP contribution in [-0.2, 0) is 65.4 Å². The van der Waals surface area contributed by atoms with Gasteiger partial charge in [0.1, 0.15) is 19.3 Å². The summed E-state index contributed by atoms with van der Waals surface area (Å²) in [6.45, 7) is 11.6. The number of phosphoric acid groups is 2. The number of ether oxygens (including phenoxy) is 4. The van der Waals surface area contributed by atoms with E-state index < -0.39 is 97.5 Å². The molecule has 19 heteroatoms. The van der Waals surface area contributed by atoms with Gasteiger partial charge in [0.25, 0.3) is 0 Å².